The summed E-state index contributed by atoms with van der Waals surface area (Å²) in [7, 11) is -1.03. The fourth-order valence-electron chi connectivity index (χ4n) is 6.23. The van der Waals surface area contributed by atoms with Gasteiger partial charge in [0.1, 0.15) is 0 Å². The van der Waals surface area contributed by atoms with Crippen LogP contribution < -0.4 is 15.2 Å². The molecule has 6 rings (SSSR count). The molecule has 44 heavy (non-hydrogen) atoms. The summed E-state index contributed by atoms with van der Waals surface area (Å²) in [6, 6.07) is 53.1. The van der Waals surface area contributed by atoms with E-state index >= 15 is 0 Å². The van der Waals surface area contributed by atoms with E-state index in [4.69, 9.17) is 0 Å². The highest BCUT2D eigenvalue weighted by atomic mass is 28.3. The van der Waals surface area contributed by atoms with Crippen molar-refractivity contribution in [2.24, 2.45) is 5.92 Å². The van der Waals surface area contributed by atoms with Crippen molar-refractivity contribution < 1.29 is 0 Å². The average molecular weight is 591 g/mol. The highest BCUT2D eigenvalue weighted by Gasteiger charge is 2.30. The molecule has 219 valence electrons. The van der Waals surface area contributed by atoms with Crippen LogP contribution in [-0.4, -0.2) is 15.0 Å². The van der Waals surface area contributed by atoms with Crippen LogP contribution in [0.3, 0.4) is 0 Å². The van der Waals surface area contributed by atoms with E-state index in [2.05, 4.69) is 192 Å². The Morgan fingerprint density at radius 3 is 1.91 bits per heavy atom. The molecule has 3 unspecified atom stereocenters. The van der Waals surface area contributed by atoms with Crippen molar-refractivity contribution >= 4 is 37.4 Å². The number of anilines is 5. The summed E-state index contributed by atoms with van der Waals surface area (Å²) in [5, 5.41) is 7.52. The maximum absolute atomic E-state index is 3.83. The maximum Gasteiger partial charge on any atom is 0.172 e. The van der Waals surface area contributed by atoms with E-state index in [1.54, 1.807) is 0 Å². The molecule has 0 saturated carbocycles. The number of benzene rings is 5. The average Bonchev–Trinajstić information content (AvgIpc) is 3.08. The van der Waals surface area contributed by atoms with Crippen molar-refractivity contribution in [3.05, 3.63) is 175 Å². The second-order valence-corrected chi connectivity index (χ2v) is 13.8. The van der Waals surface area contributed by atoms with E-state index in [0.29, 0.717) is 11.8 Å². The topological polar surface area (TPSA) is 27.3 Å². The molecule has 5 aromatic rings. The van der Waals surface area contributed by atoms with Crippen LogP contribution in [-0.2, 0) is 0 Å². The standard InChI is InChI=1S/C40H40N3Si/c1-44(43(35-24-12-5-13-25-35)40-29-17-16-28-39(40)42-34-22-10-4-11-23-34)31-30-36(32-18-6-2-7-19-32)37-26-14-15-27-38(37)41-33-20-8-3-9-21-33/h2-29,36-38,41-42H,30-31H2,1H3. The fourth-order valence-corrected chi connectivity index (χ4v) is 8.38. The Morgan fingerprint density at radius 1 is 0.636 bits per heavy atom. The van der Waals surface area contributed by atoms with Crippen LogP contribution in [0.15, 0.2) is 170 Å². The van der Waals surface area contributed by atoms with Crippen LogP contribution in [0.5, 0.6) is 0 Å². The molecule has 4 heteroatoms. The summed E-state index contributed by atoms with van der Waals surface area (Å²) in [5.41, 5.74) is 7.25. The first-order valence-corrected chi connectivity index (χ1v) is 17.7. The first-order valence-electron chi connectivity index (χ1n) is 15.6. The Balaban J connectivity index is 1.29. The fraction of sp³-hybridized carbons (Fsp3) is 0.150. The smallest absolute Gasteiger partial charge is 0.172 e. The van der Waals surface area contributed by atoms with Gasteiger partial charge in [0.15, 0.2) is 8.96 Å². The Hall–Kier alpha value is -4.80. The van der Waals surface area contributed by atoms with Gasteiger partial charge >= 0.3 is 0 Å². The minimum atomic E-state index is -1.03. The monoisotopic (exact) mass is 590 g/mol. The molecule has 0 amide bonds. The summed E-state index contributed by atoms with van der Waals surface area (Å²) < 4.78 is 2.61. The summed E-state index contributed by atoms with van der Waals surface area (Å²) in [6.45, 7) is 2.47. The highest BCUT2D eigenvalue weighted by Crippen LogP contribution is 2.39. The second kappa shape index (κ2) is 14.6. The summed E-state index contributed by atoms with van der Waals surface area (Å²) in [4.78, 5) is 0. The summed E-state index contributed by atoms with van der Waals surface area (Å²) in [5.74, 6) is 0.725. The van der Waals surface area contributed by atoms with Gasteiger partial charge in [-0.3, -0.25) is 0 Å². The lowest BCUT2D eigenvalue weighted by Crippen LogP contribution is -2.35. The summed E-state index contributed by atoms with van der Waals surface area (Å²) >= 11 is 0. The van der Waals surface area contributed by atoms with Crippen LogP contribution in [0, 0.1) is 5.92 Å². The van der Waals surface area contributed by atoms with Crippen LogP contribution in [0.25, 0.3) is 0 Å². The lowest BCUT2D eigenvalue weighted by Gasteiger charge is -2.36. The lowest BCUT2D eigenvalue weighted by atomic mass is 9.77. The maximum atomic E-state index is 3.83. The van der Waals surface area contributed by atoms with E-state index in [9.17, 15) is 0 Å². The Morgan fingerprint density at radius 2 is 1.20 bits per heavy atom. The largest absolute Gasteiger partial charge is 0.378 e. The van der Waals surface area contributed by atoms with Gasteiger partial charge in [0.25, 0.3) is 0 Å². The molecule has 0 aliphatic heterocycles. The first-order chi connectivity index (χ1) is 21.8. The molecule has 0 aromatic heterocycles. The number of hydrogen-bond acceptors (Lipinski definition) is 3. The number of nitrogens with one attached hydrogen (secondary N) is 2. The van der Waals surface area contributed by atoms with Crippen LogP contribution in [0.2, 0.25) is 12.6 Å². The van der Waals surface area contributed by atoms with Gasteiger partial charge in [-0.2, -0.15) is 0 Å². The molecule has 5 aromatic carbocycles. The van der Waals surface area contributed by atoms with Gasteiger partial charge in [0.2, 0.25) is 0 Å². The van der Waals surface area contributed by atoms with Crippen LogP contribution >= 0.6 is 0 Å². The number of rotatable bonds is 12. The molecule has 1 radical (unpaired) electrons. The molecule has 3 atom stereocenters. The van der Waals surface area contributed by atoms with Crippen LogP contribution in [0.1, 0.15) is 17.9 Å². The van der Waals surface area contributed by atoms with Gasteiger partial charge in [-0.05, 0) is 72.5 Å². The Labute approximate surface area is 264 Å². The highest BCUT2D eigenvalue weighted by molar-refractivity contribution is 6.63. The lowest BCUT2D eigenvalue weighted by molar-refractivity contribution is 0.464. The zero-order chi connectivity index (χ0) is 30.0. The number of nitrogens with zero attached hydrogens (tertiary/aromatic N) is 1. The minimum absolute atomic E-state index is 0.223. The van der Waals surface area contributed by atoms with E-state index in [0.717, 1.165) is 29.5 Å². The Kier molecular flexibility index (Phi) is 9.70. The molecule has 2 N–H and O–H groups in total. The van der Waals surface area contributed by atoms with Gasteiger partial charge < -0.3 is 15.2 Å². The van der Waals surface area contributed by atoms with E-state index in [1.807, 2.05) is 0 Å². The molecule has 0 spiro atoms. The Bertz CT molecular complexity index is 1640. The molecular weight excluding hydrogens is 551 g/mol. The first kappa shape index (κ1) is 29.3. The molecule has 0 saturated heterocycles. The van der Waals surface area contributed by atoms with Gasteiger partial charge in [-0.15, -0.1) is 0 Å². The van der Waals surface area contributed by atoms with Crippen molar-refractivity contribution in [1.82, 2.24) is 0 Å². The van der Waals surface area contributed by atoms with Gasteiger partial charge in [0, 0.05) is 23.0 Å². The predicted molar refractivity (Wildman–Crippen MR) is 191 cm³/mol. The molecule has 1 aliphatic rings. The van der Waals surface area contributed by atoms with Gasteiger partial charge in [0.05, 0.1) is 17.4 Å². The summed E-state index contributed by atoms with van der Waals surface area (Å²) in [6.07, 6.45) is 10.2. The molecular formula is C40H40N3Si. The van der Waals surface area contributed by atoms with E-state index in [-0.39, 0.29) is 6.04 Å². The van der Waals surface area contributed by atoms with E-state index < -0.39 is 8.96 Å². The molecule has 1 aliphatic carbocycles. The number of allylic oxidation sites excluding steroid dienone is 2. The normalized spacial score (nSPS) is 16.4. The van der Waals surface area contributed by atoms with Crippen molar-refractivity contribution in [3.8, 4) is 0 Å². The molecule has 0 bridgehead atoms. The number of para-hydroxylation sites is 5. The third-order valence-electron chi connectivity index (χ3n) is 8.39. The molecule has 3 nitrogen and oxygen atoms in total. The zero-order valence-electron chi connectivity index (χ0n) is 25.3. The van der Waals surface area contributed by atoms with Crippen molar-refractivity contribution in [1.29, 1.82) is 0 Å². The third-order valence-corrected chi connectivity index (χ3v) is 10.7. The van der Waals surface area contributed by atoms with Crippen molar-refractivity contribution in [3.63, 3.8) is 0 Å². The zero-order valence-corrected chi connectivity index (χ0v) is 26.3. The van der Waals surface area contributed by atoms with Crippen molar-refractivity contribution in [2.75, 3.05) is 15.2 Å². The van der Waals surface area contributed by atoms with Crippen molar-refractivity contribution in [2.45, 2.75) is 31.0 Å². The van der Waals surface area contributed by atoms with Gasteiger partial charge in [-0.25, -0.2) is 0 Å². The molecule has 0 heterocycles. The number of hydrogen-bond donors (Lipinski definition) is 2. The van der Waals surface area contributed by atoms with Crippen LogP contribution in [0.4, 0.5) is 28.4 Å². The SMILES string of the molecule is C[Si](CCC(c1ccccc1)C1C=CC=CC1Nc1ccccc1)N(c1ccccc1)c1ccccc1Nc1ccccc1. The van der Waals surface area contributed by atoms with E-state index in [1.165, 1.54) is 16.9 Å². The second-order valence-electron chi connectivity index (χ2n) is 11.4. The van der Waals surface area contributed by atoms with Gasteiger partial charge in [-0.1, -0.05) is 128 Å². The molecule has 0 fully saturated rings. The minimum Gasteiger partial charge on any atom is -0.378 e. The third kappa shape index (κ3) is 7.21. The predicted octanol–water partition coefficient (Wildman–Crippen LogP) is 10.6. The quantitative estimate of drug-likeness (QED) is 0.142.